The van der Waals surface area contributed by atoms with Gasteiger partial charge in [-0.2, -0.15) is 15.5 Å². The number of aromatic nitrogens is 5. The van der Waals surface area contributed by atoms with Gasteiger partial charge in [-0.05, 0) is 19.8 Å². The number of aryl methyl sites for hydroxylation is 2. The van der Waals surface area contributed by atoms with Gasteiger partial charge in [0.05, 0.1) is 29.7 Å². The molecule has 3 aromatic rings. The Morgan fingerprint density at radius 3 is 2.54 bits per heavy atom. The first-order valence-corrected chi connectivity index (χ1v) is 12.0. The zero-order valence-corrected chi connectivity index (χ0v) is 20.8. The Hall–Kier alpha value is -3.26. The summed E-state index contributed by atoms with van der Waals surface area (Å²) in [6, 6.07) is 3.63. The lowest BCUT2D eigenvalue weighted by Gasteiger charge is -2.49. The van der Waals surface area contributed by atoms with E-state index >= 15 is 0 Å². The van der Waals surface area contributed by atoms with Crippen molar-refractivity contribution in [1.82, 2.24) is 29.0 Å². The molecule has 0 amide bonds. The van der Waals surface area contributed by atoms with Gasteiger partial charge in [0, 0.05) is 56.9 Å². The van der Waals surface area contributed by atoms with Gasteiger partial charge >= 0.3 is 0 Å². The van der Waals surface area contributed by atoms with Gasteiger partial charge in [0.15, 0.2) is 0 Å². The van der Waals surface area contributed by atoms with E-state index in [1.807, 2.05) is 6.92 Å². The van der Waals surface area contributed by atoms with Crippen LogP contribution in [-0.2, 0) is 20.6 Å². The second-order valence-electron chi connectivity index (χ2n) is 9.20. The fraction of sp³-hybridized carbons (Fsp3) is 0.583. The molecule has 1 saturated heterocycles. The molecule has 35 heavy (non-hydrogen) atoms. The minimum absolute atomic E-state index is 0.0425. The average molecular weight is 487 g/mol. The molecule has 4 heterocycles. The van der Waals surface area contributed by atoms with Crippen LogP contribution in [0.15, 0.2) is 23.3 Å². The molecular weight excluding hydrogens is 454 g/mol. The van der Waals surface area contributed by atoms with Crippen LogP contribution in [0.5, 0.6) is 0 Å². The summed E-state index contributed by atoms with van der Waals surface area (Å²) in [6.45, 7) is 7.54. The number of alkyl halides is 2. The molecule has 4 rings (SSSR count). The van der Waals surface area contributed by atoms with E-state index in [1.54, 1.807) is 41.8 Å². The second kappa shape index (κ2) is 9.77. The normalized spacial score (nSPS) is 20.0. The Balaban J connectivity index is 1.73. The quantitative estimate of drug-likeness (QED) is 0.509. The molecule has 11 heteroatoms. The molecule has 188 valence electrons. The van der Waals surface area contributed by atoms with Crippen LogP contribution in [0.1, 0.15) is 57.3 Å². The maximum atomic E-state index is 13.8. The first kappa shape index (κ1) is 24.9. The highest BCUT2D eigenvalue weighted by Crippen LogP contribution is 2.36. The van der Waals surface area contributed by atoms with Crippen molar-refractivity contribution in [2.75, 3.05) is 18.0 Å². The third kappa shape index (κ3) is 4.31. The van der Waals surface area contributed by atoms with E-state index in [2.05, 4.69) is 39.9 Å². The summed E-state index contributed by atoms with van der Waals surface area (Å²) in [5.41, 5.74) is 2.49. The molecule has 1 fully saturated rings. The molecule has 1 aliphatic heterocycles. The predicted molar refractivity (Wildman–Crippen MR) is 129 cm³/mol. The number of piperazine rings is 1. The first-order chi connectivity index (χ1) is 16.7. The van der Waals surface area contributed by atoms with Crippen LogP contribution in [0.2, 0.25) is 0 Å². The summed E-state index contributed by atoms with van der Waals surface area (Å²) in [5, 5.41) is 17.8. The van der Waals surface area contributed by atoms with Crippen LogP contribution in [0.25, 0.3) is 11.0 Å². The molecular formula is C24H32F2N8O. The molecule has 0 radical (unpaired) electrons. The summed E-state index contributed by atoms with van der Waals surface area (Å²) in [4.78, 5) is 17.3. The van der Waals surface area contributed by atoms with Crippen molar-refractivity contribution in [2.24, 2.45) is 14.1 Å². The number of nitrogens with zero attached hydrogens (tertiary/aromatic N) is 8. The minimum Gasteiger partial charge on any atom is -0.364 e. The van der Waals surface area contributed by atoms with Crippen molar-refractivity contribution < 1.29 is 8.78 Å². The summed E-state index contributed by atoms with van der Waals surface area (Å²) in [5.74, 6) is 0. The van der Waals surface area contributed by atoms with E-state index in [1.165, 1.54) is 4.68 Å². The van der Waals surface area contributed by atoms with Gasteiger partial charge in [-0.3, -0.25) is 19.1 Å². The molecule has 0 bridgehead atoms. The lowest BCUT2D eigenvalue weighted by molar-refractivity contribution is 0.0947. The Morgan fingerprint density at radius 1 is 1.20 bits per heavy atom. The van der Waals surface area contributed by atoms with Gasteiger partial charge in [-0.15, -0.1) is 0 Å². The predicted octanol–water partition coefficient (Wildman–Crippen LogP) is 3.37. The van der Waals surface area contributed by atoms with Crippen molar-refractivity contribution in [1.29, 1.82) is 5.26 Å². The van der Waals surface area contributed by atoms with E-state index < -0.39 is 6.43 Å². The average Bonchev–Trinajstić information content (AvgIpc) is 3.44. The Labute approximate surface area is 203 Å². The van der Waals surface area contributed by atoms with Crippen molar-refractivity contribution >= 4 is 16.7 Å². The highest BCUT2D eigenvalue weighted by atomic mass is 19.3. The summed E-state index contributed by atoms with van der Waals surface area (Å²) in [6.07, 6.45) is 2.32. The monoisotopic (exact) mass is 486 g/mol. The molecule has 0 saturated carbocycles. The highest BCUT2D eigenvalue weighted by molar-refractivity contribution is 5.88. The molecule has 0 aliphatic carbocycles. The molecule has 1 unspecified atom stereocenters. The van der Waals surface area contributed by atoms with Crippen molar-refractivity contribution in [3.8, 4) is 6.07 Å². The first-order valence-electron chi connectivity index (χ1n) is 12.0. The zero-order valence-electron chi connectivity index (χ0n) is 20.8. The fourth-order valence-electron chi connectivity index (χ4n) is 5.30. The number of hydrogen-bond donors (Lipinski definition) is 0. The number of nitriles is 1. The third-order valence-corrected chi connectivity index (χ3v) is 7.33. The topological polar surface area (TPSA) is 87.9 Å². The van der Waals surface area contributed by atoms with Crippen LogP contribution < -0.4 is 10.5 Å². The number of rotatable bonds is 7. The fourth-order valence-corrected chi connectivity index (χ4v) is 5.30. The second-order valence-corrected chi connectivity index (χ2v) is 9.20. The van der Waals surface area contributed by atoms with Gasteiger partial charge in [0.1, 0.15) is 17.8 Å². The molecule has 0 spiro atoms. The number of fused-ring (bicyclic) bond motifs is 1. The SMILES string of the molecule is CC[C@H]1CN(C(C)c2cnn(C)c2C(F)F)[C@H](CC)CN1c1cc(=O)n(C)c2cn(CC#N)nc12. The third-order valence-electron chi connectivity index (χ3n) is 7.33. The summed E-state index contributed by atoms with van der Waals surface area (Å²) >= 11 is 0. The Bertz CT molecular complexity index is 1300. The van der Waals surface area contributed by atoms with Gasteiger partial charge in [0.2, 0.25) is 0 Å². The number of halogens is 2. The van der Waals surface area contributed by atoms with Crippen molar-refractivity contribution in [3.63, 3.8) is 0 Å². The molecule has 9 nitrogen and oxygen atoms in total. The van der Waals surface area contributed by atoms with Crippen LogP contribution in [0.4, 0.5) is 14.5 Å². The van der Waals surface area contributed by atoms with Crippen LogP contribution in [0, 0.1) is 11.3 Å². The van der Waals surface area contributed by atoms with E-state index in [0.29, 0.717) is 29.7 Å². The molecule has 3 aromatic heterocycles. The summed E-state index contributed by atoms with van der Waals surface area (Å²) < 4.78 is 31.9. The molecule has 3 atom stereocenters. The van der Waals surface area contributed by atoms with Gasteiger partial charge < -0.3 is 9.47 Å². The van der Waals surface area contributed by atoms with Crippen LogP contribution in [-0.4, -0.2) is 54.2 Å². The maximum Gasteiger partial charge on any atom is 0.280 e. The standard InChI is InChI=1S/C24H32F2N8O/c1-6-16-13-34(19-10-21(35)30(4)20-14-32(9-8-27)29-22(19)20)17(7-2)12-33(16)15(3)18-11-28-31(5)23(18)24(25)26/h10-11,14-17,24H,6-7,9,12-13H2,1-5H3/t15?,16-,17+/m1/s1. The zero-order chi connectivity index (χ0) is 25.4. The maximum absolute atomic E-state index is 13.8. The molecule has 1 aliphatic rings. The van der Waals surface area contributed by atoms with Gasteiger partial charge in [-0.25, -0.2) is 8.78 Å². The van der Waals surface area contributed by atoms with Crippen molar-refractivity contribution in [3.05, 3.63) is 40.1 Å². The van der Waals surface area contributed by atoms with Gasteiger partial charge in [-0.1, -0.05) is 13.8 Å². The van der Waals surface area contributed by atoms with E-state index in [-0.39, 0.29) is 35.9 Å². The van der Waals surface area contributed by atoms with Crippen LogP contribution >= 0.6 is 0 Å². The smallest absolute Gasteiger partial charge is 0.280 e. The number of anilines is 1. The van der Waals surface area contributed by atoms with E-state index in [0.717, 1.165) is 18.5 Å². The lowest BCUT2D eigenvalue weighted by atomic mass is 9.96. The Kier molecular flexibility index (Phi) is 6.94. The van der Waals surface area contributed by atoms with E-state index in [9.17, 15) is 13.6 Å². The van der Waals surface area contributed by atoms with Gasteiger partial charge in [0.25, 0.3) is 12.0 Å². The van der Waals surface area contributed by atoms with Crippen LogP contribution in [0.3, 0.4) is 0 Å². The molecule has 0 N–H and O–H groups in total. The largest absolute Gasteiger partial charge is 0.364 e. The van der Waals surface area contributed by atoms with Crippen molar-refractivity contribution in [2.45, 2.75) is 64.7 Å². The number of hydrogen-bond acceptors (Lipinski definition) is 6. The highest BCUT2D eigenvalue weighted by Gasteiger charge is 2.38. The number of pyridine rings is 1. The minimum atomic E-state index is -2.60. The molecule has 0 aromatic carbocycles. The van der Waals surface area contributed by atoms with E-state index in [4.69, 9.17) is 5.26 Å². The summed E-state index contributed by atoms with van der Waals surface area (Å²) in [7, 11) is 3.25. The Morgan fingerprint density at radius 2 is 1.91 bits per heavy atom. The lowest BCUT2D eigenvalue weighted by Crippen LogP contribution is -2.58.